The maximum Gasteiger partial charge on any atom is 0.243 e. The Morgan fingerprint density at radius 3 is 2.17 bits per heavy atom. The van der Waals surface area contributed by atoms with E-state index in [0.717, 1.165) is 9.87 Å². The number of nitrogens with one attached hydrogen (secondary N) is 1. The second-order valence-electron chi connectivity index (χ2n) is 6.34. The van der Waals surface area contributed by atoms with Crippen LogP contribution in [0.1, 0.15) is 18.5 Å². The Hall–Kier alpha value is -2.78. The highest BCUT2D eigenvalue weighted by atomic mass is 32.2. The number of hydrogen-bond acceptors (Lipinski definition) is 6. The van der Waals surface area contributed by atoms with Gasteiger partial charge in [-0.15, -0.1) is 0 Å². The summed E-state index contributed by atoms with van der Waals surface area (Å²) >= 11 is 0. The van der Waals surface area contributed by atoms with E-state index in [-0.39, 0.29) is 17.5 Å². The molecule has 2 aromatic carbocycles. The summed E-state index contributed by atoms with van der Waals surface area (Å²) in [6, 6.07) is 11.3. The molecule has 0 aliphatic heterocycles. The number of carbonyl (C=O) groups excluding carboxylic acids is 1. The van der Waals surface area contributed by atoms with Gasteiger partial charge in [-0.1, -0.05) is 12.1 Å². The Morgan fingerprint density at radius 2 is 1.62 bits per heavy atom. The molecule has 0 saturated carbocycles. The molecule has 29 heavy (non-hydrogen) atoms. The Kier molecular flexibility index (Phi) is 7.46. The van der Waals surface area contributed by atoms with Crippen molar-refractivity contribution in [2.45, 2.75) is 17.9 Å². The molecule has 1 atom stereocenters. The number of ether oxygens (including phenoxy) is 3. The molecule has 0 spiro atoms. The zero-order chi connectivity index (χ0) is 21.6. The summed E-state index contributed by atoms with van der Waals surface area (Å²) in [5, 5.41) is 2.80. The van der Waals surface area contributed by atoms with E-state index >= 15 is 0 Å². The summed E-state index contributed by atoms with van der Waals surface area (Å²) in [6.45, 7) is 1.50. The monoisotopic (exact) mass is 422 g/mol. The average molecular weight is 423 g/mol. The van der Waals surface area contributed by atoms with Crippen LogP contribution in [-0.2, 0) is 14.8 Å². The minimum atomic E-state index is -3.88. The summed E-state index contributed by atoms with van der Waals surface area (Å²) < 4.78 is 42.0. The number of likely N-dealkylation sites (N-methyl/N-ethyl adjacent to an activating group) is 1. The molecule has 1 N–H and O–H groups in total. The van der Waals surface area contributed by atoms with E-state index in [1.54, 1.807) is 19.2 Å². The summed E-state index contributed by atoms with van der Waals surface area (Å²) in [5.74, 6) is 1.01. The van der Waals surface area contributed by atoms with Gasteiger partial charge < -0.3 is 19.5 Å². The third-order valence-corrected chi connectivity index (χ3v) is 6.22. The van der Waals surface area contributed by atoms with Crippen molar-refractivity contribution in [2.75, 3.05) is 34.9 Å². The van der Waals surface area contributed by atoms with Crippen molar-refractivity contribution in [3.63, 3.8) is 0 Å². The van der Waals surface area contributed by atoms with Crippen LogP contribution >= 0.6 is 0 Å². The van der Waals surface area contributed by atoms with Crippen molar-refractivity contribution >= 4 is 15.9 Å². The standard InChI is InChI=1S/C20H26N2O6S/c1-14(15-6-8-16(26-3)9-7-15)21-20(23)13-22(2)29(24,25)17-10-11-18(27-4)19(12-17)28-5/h6-12,14H,13H2,1-5H3,(H,21,23)/t14-/m0/s1. The highest BCUT2D eigenvalue weighted by Gasteiger charge is 2.25. The van der Waals surface area contributed by atoms with Crippen molar-refractivity contribution in [1.29, 1.82) is 0 Å². The van der Waals surface area contributed by atoms with Crippen LogP contribution < -0.4 is 19.5 Å². The maximum absolute atomic E-state index is 12.8. The van der Waals surface area contributed by atoms with E-state index in [1.807, 2.05) is 19.1 Å². The summed E-state index contributed by atoms with van der Waals surface area (Å²) in [5.41, 5.74) is 0.879. The molecule has 0 radical (unpaired) electrons. The predicted molar refractivity (Wildman–Crippen MR) is 109 cm³/mol. The summed E-state index contributed by atoms with van der Waals surface area (Å²) in [7, 11) is 1.94. The molecule has 0 fully saturated rings. The lowest BCUT2D eigenvalue weighted by Crippen LogP contribution is -2.39. The highest BCUT2D eigenvalue weighted by molar-refractivity contribution is 7.89. The average Bonchev–Trinajstić information content (AvgIpc) is 2.72. The number of rotatable bonds is 9. The molecule has 1 amide bonds. The van der Waals surface area contributed by atoms with Gasteiger partial charge in [-0.2, -0.15) is 4.31 Å². The molecule has 0 saturated heterocycles. The molecule has 9 heteroatoms. The fraction of sp³-hybridized carbons (Fsp3) is 0.350. The van der Waals surface area contributed by atoms with Gasteiger partial charge in [0.1, 0.15) is 5.75 Å². The number of nitrogens with zero attached hydrogens (tertiary/aromatic N) is 1. The fourth-order valence-corrected chi connectivity index (χ4v) is 3.85. The van der Waals surface area contributed by atoms with Gasteiger partial charge in [-0.05, 0) is 36.8 Å². The van der Waals surface area contributed by atoms with Crippen LogP contribution in [0.4, 0.5) is 0 Å². The molecular formula is C20H26N2O6S. The van der Waals surface area contributed by atoms with Crippen molar-refractivity contribution in [3.05, 3.63) is 48.0 Å². The lowest BCUT2D eigenvalue weighted by atomic mass is 10.1. The number of methoxy groups -OCH3 is 3. The number of carbonyl (C=O) groups is 1. The van der Waals surface area contributed by atoms with E-state index in [4.69, 9.17) is 14.2 Å². The van der Waals surface area contributed by atoms with Crippen LogP contribution in [0.15, 0.2) is 47.4 Å². The molecule has 0 aromatic heterocycles. The minimum absolute atomic E-state index is 0.00801. The number of sulfonamides is 1. The first kappa shape index (κ1) is 22.5. The summed E-state index contributed by atoms with van der Waals surface area (Å²) in [4.78, 5) is 12.4. The van der Waals surface area contributed by atoms with E-state index in [2.05, 4.69) is 5.32 Å². The smallest absolute Gasteiger partial charge is 0.243 e. The number of amides is 1. The molecule has 158 valence electrons. The Morgan fingerprint density at radius 1 is 1.00 bits per heavy atom. The second-order valence-corrected chi connectivity index (χ2v) is 8.39. The van der Waals surface area contributed by atoms with Gasteiger partial charge >= 0.3 is 0 Å². The first-order valence-corrected chi connectivity index (χ1v) is 10.3. The SMILES string of the molecule is COc1ccc([C@H](C)NC(=O)CN(C)S(=O)(=O)c2ccc(OC)c(OC)c2)cc1. The van der Waals surface area contributed by atoms with Gasteiger partial charge in [0, 0.05) is 13.1 Å². The van der Waals surface area contributed by atoms with E-state index in [1.165, 1.54) is 39.5 Å². The quantitative estimate of drug-likeness (QED) is 0.666. The molecule has 8 nitrogen and oxygen atoms in total. The Bertz CT molecular complexity index is 944. The normalized spacial score (nSPS) is 12.3. The Labute approximate surface area is 171 Å². The third kappa shape index (κ3) is 5.39. The topological polar surface area (TPSA) is 94.2 Å². The fourth-order valence-electron chi connectivity index (χ4n) is 2.71. The lowest BCUT2D eigenvalue weighted by Gasteiger charge is -2.20. The zero-order valence-electron chi connectivity index (χ0n) is 17.1. The van der Waals surface area contributed by atoms with Gasteiger partial charge in [-0.25, -0.2) is 8.42 Å². The van der Waals surface area contributed by atoms with Crippen LogP contribution in [0.5, 0.6) is 17.2 Å². The molecule has 0 heterocycles. The zero-order valence-corrected chi connectivity index (χ0v) is 17.9. The van der Waals surface area contributed by atoms with Crippen LogP contribution in [0, 0.1) is 0 Å². The van der Waals surface area contributed by atoms with Gasteiger partial charge in [0.2, 0.25) is 15.9 Å². The van der Waals surface area contributed by atoms with Crippen molar-refractivity contribution < 1.29 is 27.4 Å². The first-order valence-electron chi connectivity index (χ1n) is 8.84. The largest absolute Gasteiger partial charge is 0.497 e. The van der Waals surface area contributed by atoms with Gasteiger partial charge in [0.05, 0.1) is 38.8 Å². The van der Waals surface area contributed by atoms with Crippen molar-refractivity contribution in [1.82, 2.24) is 9.62 Å². The second kappa shape index (κ2) is 9.62. The van der Waals surface area contributed by atoms with Gasteiger partial charge in [-0.3, -0.25) is 4.79 Å². The van der Waals surface area contributed by atoms with Crippen LogP contribution in [0.3, 0.4) is 0 Å². The third-order valence-electron chi connectivity index (χ3n) is 4.42. The predicted octanol–water partition coefficient (Wildman–Crippen LogP) is 2.21. The molecular weight excluding hydrogens is 396 g/mol. The number of hydrogen-bond donors (Lipinski definition) is 1. The van der Waals surface area contributed by atoms with E-state index in [0.29, 0.717) is 17.2 Å². The maximum atomic E-state index is 12.8. The Balaban J connectivity index is 2.07. The first-order chi connectivity index (χ1) is 13.7. The summed E-state index contributed by atoms with van der Waals surface area (Å²) in [6.07, 6.45) is 0. The molecule has 0 aliphatic rings. The molecule has 0 aliphatic carbocycles. The molecule has 0 unspecified atom stereocenters. The minimum Gasteiger partial charge on any atom is -0.497 e. The van der Waals surface area contributed by atoms with Crippen molar-refractivity contribution in [2.24, 2.45) is 0 Å². The van der Waals surface area contributed by atoms with Crippen LogP contribution in [0.25, 0.3) is 0 Å². The van der Waals surface area contributed by atoms with Gasteiger partial charge in [0.15, 0.2) is 11.5 Å². The highest BCUT2D eigenvalue weighted by Crippen LogP contribution is 2.30. The molecule has 2 rings (SSSR count). The van der Waals surface area contributed by atoms with Crippen LogP contribution in [0.2, 0.25) is 0 Å². The van der Waals surface area contributed by atoms with Crippen LogP contribution in [-0.4, -0.2) is 53.6 Å². The van der Waals surface area contributed by atoms with Gasteiger partial charge in [0.25, 0.3) is 0 Å². The van der Waals surface area contributed by atoms with Crippen molar-refractivity contribution in [3.8, 4) is 17.2 Å². The number of benzene rings is 2. The van der Waals surface area contributed by atoms with E-state index < -0.39 is 15.9 Å². The molecule has 0 bridgehead atoms. The molecule has 2 aromatic rings. The van der Waals surface area contributed by atoms with E-state index in [9.17, 15) is 13.2 Å². The lowest BCUT2D eigenvalue weighted by molar-refractivity contribution is -0.121.